The Balaban J connectivity index is 1.75. The molecule has 1 aromatic carbocycles. The van der Waals surface area contributed by atoms with Gasteiger partial charge in [-0.05, 0) is 31.5 Å². The topological polar surface area (TPSA) is 96.7 Å². The van der Waals surface area contributed by atoms with Crippen LogP contribution in [-0.2, 0) is 14.3 Å². The fraction of sp³-hybridized carbons (Fsp3) is 0.300. The third kappa shape index (κ3) is 4.29. The number of methoxy groups -OCH3 is 1. The molecular weight excluding hydrogens is 396 g/mol. The molecule has 0 N–H and O–H groups in total. The van der Waals surface area contributed by atoms with Crippen LogP contribution in [0.4, 0.5) is 0 Å². The first-order chi connectivity index (χ1) is 13.9. The van der Waals surface area contributed by atoms with Crippen LogP contribution in [0.25, 0.3) is 10.2 Å². The number of hydrogen-bond donors (Lipinski definition) is 0. The Labute approximate surface area is 170 Å². The van der Waals surface area contributed by atoms with Crippen LogP contribution in [0.1, 0.15) is 28.2 Å². The maximum atomic E-state index is 12.8. The van der Waals surface area contributed by atoms with Crippen molar-refractivity contribution in [2.45, 2.75) is 19.9 Å². The van der Waals surface area contributed by atoms with E-state index in [1.165, 1.54) is 18.0 Å². The summed E-state index contributed by atoms with van der Waals surface area (Å²) in [7, 11) is 1.25. The highest BCUT2D eigenvalue weighted by molar-refractivity contribution is 7.20. The van der Waals surface area contributed by atoms with Crippen LogP contribution in [0.15, 0.2) is 41.5 Å². The first-order valence-corrected chi connectivity index (χ1v) is 9.68. The normalized spacial score (nSPS) is 11.8. The van der Waals surface area contributed by atoms with Gasteiger partial charge in [0.05, 0.1) is 18.8 Å². The Bertz CT molecular complexity index is 1090. The molecule has 0 radical (unpaired) electrons. The van der Waals surface area contributed by atoms with E-state index >= 15 is 0 Å². The molecule has 0 bridgehead atoms. The summed E-state index contributed by atoms with van der Waals surface area (Å²) in [6.45, 7) is 3.48. The predicted octanol–water partition coefficient (Wildman–Crippen LogP) is 2.74. The number of hydrogen-bond acceptors (Lipinski definition) is 8. The molecule has 2 heterocycles. The molecule has 0 saturated heterocycles. The lowest BCUT2D eigenvalue weighted by Gasteiger charge is -2.11. The third-order valence-electron chi connectivity index (χ3n) is 4.35. The summed E-state index contributed by atoms with van der Waals surface area (Å²) in [5.41, 5.74) is 0.0657. The fourth-order valence-electron chi connectivity index (χ4n) is 2.77. The van der Waals surface area contributed by atoms with Crippen molar-refractivity contribution in [2.75, 3.05) is 20.3 Å². The van der Waals surface area contributed by atoms with E-state index in [2.05, 4.69) is 9.72 Å². The summed E-state index contributed by atoms with van der Waals surface area (Å²) < 4.78 is 16.6. The lowest BCUT2D eigenvalue weighted by atomic mass is 10.2. The molecule has 29 heavy (non-hydrogen) atoms. The SMILES string of the molecule is COC(=O)C(C)n1cnc2sc(C(=O)OCCOc3ccccc3)c(C)c2c1=O. The van der Waals surface area contributed by atoms with Crippen molar-refractivity contribution in [3.05, 3.63) is 57.5 Å². The molecule has 1 unspecified atom stereocenters. The Hall–Kier alpha value is -3.20. The molecule has 2 aromatic heterocycles. The molecule has 0 saturated carbocycles. The van der Waals surface area contributed by atoms with Gasteiger partial charge in [0.15, 0.2) is 0 Å². The van der Waals surface area contributed by atoms with Gasteiger partial charge in [-0.2, -0.15) is 0 Å². The Morgan fingerprint density at radius 3 is 2.62 bits per heavy atom. The van der Waals surface area contributed by atoms with E-state index in [1.807, 2.05) is 30.3 Å². The van der Waals surface area contributed by atoms with Crippen LogP contribution in [0.2, 0.25) is 0 Å². The number of thiophene rings is 1. The van der Waals surface area contributed by atoms with E-state index in [1.54, 1.807) is 13.8 Å². The first-order valence-electron chi connectivity index (χ1n) is 8.87. The summed E-state index contributed by atoms with van der Waals surface area (Å²) in [4.78, 5) is 42.0. The zero-order chi connectivity index (χ0) is 21.0. The third-order valence-corrected chi connectivity index (χ3v) is 5.53. The van der Waals surface area contributed by atoms with E-state index < -0.39 is 23.5 Å². The van der Waals surface area contributed by atoms with Crippen molar-refractivity contribution in [2.24, 2.45) is 0 Å². The summed E-state index contributed by atoms with van der Waals surface area (Å²) in [6.07, 6.45) is 1.28. The fourth-order valence-corrected chi connectivity index (χ4v) is 3.80. The van der Waals surface area contributed by atoms with Gasteiger partial charge in [0.2, 0.25) is 0 Å². The molecule has 0 aliphatic carbocycles. The molecule has 0 spiro atoms. The van der Waals surface area contributed by atoms with Gasteiger partial charge in [0.25, 0.3) is 5.56 Å². The van der Waals surface area contributed by atoms with Crippen molar-refractivity contribution < 1.29 is 23.8 Å². The van der Waals surface area contributed by atoms with Crippen LogP contribution in [0.3, 0.4) is 0 Å². The van der Waals surface area contributed by atoms with E-state index in [0.717, 1.165) is 11.3 Å². The van der Waals surface area contributed by atoms with Crippen LogP contribution in [0.5, 0.6) is 5.75 Å². The van der Waals surface area contributed by atoms with E-state index in [-0.39, 0.29) is 13.2 Å². The number of esters is 2. The van der Waals surface area contributed by atoms with Crippen molar-refractivity contribution in [1.29, 1.82) is 0 Å². The standard InChI is InChI=1S/C20H20N2O6S/c1-12-15-17(21-11-22(18(15)23)13(2)19(24)26-3)29-16(12)20(25)28-10-9-27-14-7-5-4-6-8-14/h4-8,11,13H,9-10H2,1-3H3. The molecule has 8 nitrogen and oxygen atoms in total. The minimum Gasteiger partial charge on any atom is -0.490 e. The molecule has 0 aliphatic rings. The number of para-hydroxylation sites is 1. The molecule has 1 atom stereocenters. The van der Waals surface area contributed by atoms with Crippen LogP contribution in [-0.4, -0.2) is 41.8 Å². The van der Waals surface area contributed by atoms with Crippen LogP contribution >= 0.6 is 11.3 Å². The summed E-state index contributed by atoms with van der Waals surface area (Å²) in [5, 5.41) is 0.292. The number of carbonyl (C=O) groups is 2. The van der Waals surface area contributed by atoms with E-state index in [0.29, 0.717) is 26.4 Å². The highest BCUT2D eigenvalue weighted by atomic mass is 32.1. The zero-order valence-electron chi connectivity index (χ0n) is 16.2. The predicted molar refractivity (Wildman–Crippen MR) is 108 cm³/mol. The second-order valence-electron chi connectivity index (χ2n) is 6.19. The van der Waals surface area contributed by atoms with Gasteiger partial charge < -0.3 is 14.2 Å². The van der Waals surface area contributed by atoms with Crippen molar-refractivity contribution >= 4 is 33.5 Å². The van der Waals surface area contributed by atoms with Gasteiger partial charge in [0.1, 0.15) is 34.7 Å². The number of carbonyl (C=O) groups excluding carboxylic acids is 2. The van der Waals surface area contributed by atoms with Crippen molar-refractivity contribution in [3.8, 4) is 5.75 Å². The number of aryl methyl sites for hydroxylation is 1. The first kappa shape index (κ1) is 20.5. The molecule has 152 valence electrons. The van der Waals surface area contributed by atoms with Crippen molar-refractivity contribution in [3.63, 3.8) is 0 Å². The van der Waals surface area contributed by atoms with Gasteiger partial charge in [0, 0.05) is 0 Å². The lowest BCUT2D eigenvalue weighted by Crippen LogP contribution is -2.29. The average molecular weight is 416 g/mol. The largest absolute Gasteiger partial charge is 0.490 e. The Kier molecular flexibility index (Phi) is 6.28. The molecule has 9 heteroatoms. The van der Waals surface area contributed by atoms with E-state index in [9.17, 15) is 14.4 Å². The highest BCUT2D eigenvalue weighted by Crippen LogP contribution is 2.28. The summed E-state index contributed by atoms with van der Waals surface area (Å²) >= 11 is 1.08. The second kappa shape index (κ2) is 8.87. The number of benzene rings is 1. The number of rotatable bonds is 7. The van der Waals surface area contributed by atoms with E-state index in [4.69, 9.17) is 9.47 Å². The van der Waals surface area contributed by atoms with Gasteiger partial charge in [-0.15, -0.1) is 11.3 Å². The molecule has 0 fully saturated rings. The maximum Gasteiger partial charge on any atom is 0.348 e. The van der Waals surface area contributed by atoms with Crippen molar-refractivity contribution in [1.82, 2.24) is 9.55 Å². The average Bonchev–Trinajstić information content (AvgIpc) is 3.08. The highest BCUT2D eigenvalue weighted by Gasteiger charge is 2.23. The smallest absolute Gasteiger partial charge is 0.348 e. The van der Waals surface area contributed by atoms with Gasteiger partial charge >= 0.3 is 11.9 Å². The van der Waals surface area contributed by atoms with Gasteiger partial charge in [-0.25, -0.2) is 14.6 Å². The van der Waals surface area contributed by atoms with Gasteiger partial charge in [-0.1, -0.05) is 18.2 Å². The molecule has 3 rings (SSSR count). The molecule has 0 amide bonds. The zero-order valence-corrected chi connectivity index (χ0v) is 17.0. The van der Waals surface area contributed by atoms with Gasteiger partial charge in [-0.3, -0.25) is 9.36 Å². The molecule has 0 aliphatic heterocycles. The number of nitrogens with zero attached hydrogens (tertiary/aromatic N) is 2. The molecule has 3 aromatic rings. The number of aromatic nitrogens is 2. The number of fused-ring (bicyclic) bond motifs is 1. The second-order valence-corrected chi connectivity index (χ2v) is 7.19. The molecular formula is C20H20N2O6S. The number of ether oxygens (including phenoxy) is 3. The lowest BCUT2D eigenvalue weighted by molar-refractivity contribution is -0.144. The minimum atomic E-state index is -0.825. The van der Waals surface area contributed by atoms with Crippen LogP contribution in [0, 0.1) is 6.92 Å². The summed E-state index contributed by atoms with van der Waals surface area (Å²) in [6, 6.07) is 8.37. The quantitative estimate of drug-likeness (QED) is 0.431. The monoisotopic (exact) mass is 416 g/mol. The minimum absolute atomic E-state index is 0.0679. The maximum absolute atomic E-state index is 12.8. The Morgan fingerprint density at radius 1 is 1.21 bits per heavy atom. The van der Waals surface area contributed by atoms with Crippen LogP contribution < -0.4 is 10.3 Å². The summed E-state index contributed by atoms with van der Waals surface area (Å²) in [5.74, 6) is -0.417. The Morgan fingerprint density at radius 2 is 1.93 bits per heavy atom.